The molecule has 2 aliphatic rings. The number of hydrogen-bond donors (Lipinski definition) is 3. The molecule has 1 saturated heterocycles. The van der Waals surface area contributed by atoms with Gasteiger partial charge in [0.2, 0.25) is 6.35 Å². The summed E-state index contributed by atoms with van der Waals surface area (Å²) in [6.45, 7) is 4.81. The molecule has 9 nitrogen and oxygen atoms in total. The molecule has 0 aromatic carbocycles. The summed E-state index contributed by atoms with van der Waals surface area (Å²) < 4.78 is 27.1. The summed E-state index contributed by atoms with van der Waals surface area (Å²) in [6, 6.07) is 0. The van der Waals surface area contributed by atoms with Crippen LogP contribution in [-0.2, 0) is 23.1 Å². The van der Waals surface area contributed by atoms with E-state index in [1.54, 1.807) is 20.8 Å². The molecule has 0 saturated carbocycles. The topological polar surface area (TPSA) is 118 Å². The first-order chi connectivity index (χ1) is 10.7. The van der Waals surface area contributed by atoms with Gasteiger partial charge in [-0.3, -0.25) is 13.8 Å². The van der Waals surface area contributed by atoms with Crippen molar-refractivity contribution in [1.82, 2.24) is 10.2 Å². The van der Waals surface area contributed by atoms with Gasteiger partial charge in [-0.1, -0.05) is 0 Å². The zero-order valence-corrected chi connectivity index (χ0v) is 14.2. The highest BCUT2D eigenvalue weighted by molar-refractivity contribution is 7.47. The fourth-order valence-electron chi connectivity index (χ4n) is 2.40. The smallest absolute Gasteiger partial charge is 0.356 e. The van der Waals surface area contributed by atoms with Crippen molar-refractivity contribution in [3.05, 3.63) is 11.8 Å². The second-order valence-electron chi connectivity index (χ2n) is 5.82. The fourth-order valence-corrected chi connectivity index (χ4v) is 3.35. The minimum atomic E-state index is -4.10. The van der Waals surface area contributed by atoms with Gasteiger partial charge in [0.25, 0.3) is 5.91 Å². The SMILES string of the molecule is CC1=CN([C@H]2CC[C@@H](COP(=O)(O)OC(C)C)O2)C(O)NC1=O. The Morgan fingerprint density at radius 2 is 2.22 bits per heavy atom. The average molecular weight is 350 g/mol. The number of phosphoric ester groups is 1. The van der Waals surface area contributed by atoms with Gasteiger partial charge < -0.3 is 25.0 Å². The number of phosphoric acid groups is 1. The highest BCUT2D eigenvalue weighted by Gasteiger charge is 2.36. The van der Waals surface area contributed by atoms with Crippen molar-refractivity contribution in [1.29, 1.82) is 0 Å². The van der Waals surface area contributed by atoms with E-state index < -0.39 is 32.6 Å². The summed E-state index contributed by atoms with van der Waals surface area (Å²) in [6.07, 6.45) is 0.290. The van der Waals surface area contributed by atoms with Gasteiger partial charge >= 0.3 is 7.82 Å². The Morgan fingerprint density at radius 3 is 2.87 bits per heavy atom. The van der Waals surface area contributed by atoms with Gasteiger partial charge in [-0.15, -0.1) is 0 Å². The number of aliphatic hydroxyl groups excluding tert-OH is 1. The van der Waals surface area contributed by atoms with Crippen LogP contribution in [-0.4, -0.2) is 52.2 Å². The molecule has 1 amide bonds. The van der Waals surface area contributed by atoms with Crippen molar-refractivity contribution in [3.8, 4) is 0 Å². The van der Waals surface area contributed by atoms with Crippen molar-refractivity contribution in [3.63, 3.8) is 0 Å². The highest BCUT2D eigenvalue weighted by Crippen LogP contribution is 2.45. The highest BCUT2D eigenvalue weighted by atomic mass is 31.2. The van der Waals surface area contributed by atoms with Crippen molar-refractivity contribution in [2.45, 2.75) is 58.4 Å². The summed E-state index contributed by atoms with van der Waals surface area (Å²) in [5, 5.41) is 12.3. The summed E-state index contributed by atoms with van der Waals surface area (Å²) in [5.74, 6) is -0.335. The largest absolute Gasteiger partial charge is 0.472 e. The third-order valence-corrected chi connectivity index (χ3v) is 4.59. The second kappa shape index (κ2) is 7.29. The normalized spacial score (nSPS) is 31.0. The van der Waals surface area contributed by atoms with Crippen LogP contribution in [0.1, 0.15) is 33.6 Å². The Hall–Kier alpha value is -0.960. The summed E-state index contributed by atoms with van der Waals surface area (Å²) in [5.41, 5.74) is 0.462. The lowest BCUT2D eigenvalue weighted by Gasteiger charge is -2.35. The summed E-state index contributed by atoms with van der Waals surface area (Å²) in [4.78, 5) is 22.4. The van der Waals surface area contributed by atoms with Crippen LogP contribution in [0, 0.1) is 0 Å². The van der Waals surface area contributed by atoms with Crippen LogP contribution < -0.4 is 5.32 Å². The molecule has 2 unspecified atom stereocenters. The van der Waals surface area contributed by atoms with Crippen LogP contribution >= 0.6 is 7.82 Å². The van der Waals surface area contributed by atoms with E-state index in [2.05, 4.69) is 5.32 Å². The first-order valence-corrected chi connectivity index (χ1v) is 8.93. The Morgan fingerprint density at radius 1 is 1.52 bits per heavy atom. The van der Waals surface area contributed by atoms with E-state index >= 15 is 0 Å². The number of amides is 1. The van der Waals surface area contributed by atoms with Crippen LogP contribution in [0.3, 0.4) is 0 Å². The molecule has 2 heterocycles. The van der Waals surface area contributed by atoms with Gasteiger partial charge in [0.15, 0.2) is 0 Å². The van der Waals surface area contributed by atoms with E-state index in [-0.39, 0.29) is 12.5 Å². The van der Waals surface area contributed by atoms with E-state index in [1.807, 2.05) is 0 Å². The van der Waals surface area contributed by atoms with Crippen LogP contribution in [0.15, 0.2) is 11.8 Å². The lowest BCUT2D eigenvalue weighted by molar-refractivity contribution is -0.142. The molecule has 132 valence electrons. The number of aliphatic hydroxyl groups is 1. The zero-order valence-electron chi connectivity index (χ0n) is 13.3. The molecule has 1 fully saturated rings. The van der Waals surface area contributed by atoms with E-state index in [0.717, 1.165) is 0 Å². The molecule has 4 atom stereocenters. The standard InChI is InChI=1S/C13H23N2O7P/c1-8(2)22-23(18,19)20-7-10-4-5-11(21-10)15-6-9(3)12(16)14-13(15)17/h6,8,10-11,13,17H,4-5,7H2,1-3H3,(H,14,16)(H,18,19)/t10-,11+,13?/m0/s1. The van der Waals surface area contributed by atoms with Crippen molar-refractivity contribution < 1.29 is 33.1 Å². The number of nitrogens with zero attached hydrogens (tertiary/aromatic N) is 1. The maximum Gasteiger partial charge on any atom is 0.472 e. The van der Waals surface area contributed by atoms with Gasteiger partial charge in [-0.05, 0) is 33.6 Å². The summed E-state index contributed by atoms with van der Waals surface area (Å²) in [7, 11) is -4.10. The quantitative estimate of drug-likeness (QED) is 0.598. The molecular formula is C13H23N2O7P. The van der Waals surface area contributed by atoms with E-state index in [4.69, 9.17) is 13.8 Å². The van der Waals surface area contributed by atoms with Crippen molar-refractivity contribution in [2.24, 2.45) is 0 Å². The maximum absolute atomic E-state index is 11.6. The molecule has 3 N–H and O–H groups in total. The van der Waals surface area contributed by atoms with Gasteiger partial charge in [-0.2, -0.15) is 0 Å². The van der Waals surface area contributed by atoms with Crippen LogP contribution in [0.4, 0.5) is 0 Å². The average Bonchev–Trinajstić information content (AvgIpc) is 2.88. The third-order valence-electron chi connectivity index (χ3n) is 3.43. The predicted octanol–water partition coefficient (Wildman–Crippen LogP) is 0.645. The molecule has 0 aromatic heterocycles. The van der Waals surface area contributed by atoms with E-state index in [0.29, 0.717) is 18.4 Å². The maximum atomic E-state index is 11.6. The third kappa shape index (κ3) is 5.00. The van der Waals surface area contributed by atoms with E-state index in [1.165, 1.54) is 11.1 Å². The molecule has 10 heteroatoms. The zero-order chi connectivity index (χ0) is 17.2. The lowest BCUT2D eigenvalue weighted by atomic mass is 10.2. The number of nitrogens with one attached hydrogen (secondary N) is 1. The van der Waals surface area contributed by atoms with Gasteiger partial charge in [0.05, 0.1) is 18.8 Å². The Balaban J connectivity index is 1.87. The Bertz CT molecular complexity index is 524. The first-order valence-electron chi connectivity index (χ1n) is 7.44. The molecule has 2 rings (SSSR count). The number of carbonyl (C=O) groups is 1. The number of rotatable bonds is 6. The first kappa shape index (κ1) is 18.4. The van der Waals surface area contributed by atoms with Crippen LogP contribution in [0.25, 0.3) is 0 Å². The minimum absolute atomic E-state index is 0.0873. The van der Waals surface area contributed by atoms with Crippen LogP contribution in [0.2, 0.25) is 0 Å². The number of hydrogen-bond acceptors (Lipinski definition) is 7. The molecule has 0 aliphatic carbocycles. The molecule has 2 aliphatic heterocycles. The van der Waals surface area contributed by atoms with Gasteiger partial charge in [0, 0.05) is 11.8 Å². The Kier molecular flexibility index (Phi) is 5.83. The van der Waals surface area contributed by atoms with Gasteiger partial charge in [0.1, 0.15) is 6.23 Å². The molecule has 23 heavy (non-hydrogen) atoms. The molecular weight excluding hydrogens is 327 g/mol. The fraction of sp³-hybridized carbons (Fsp3) is 0.769. The molecule has 0 spiro atoms. The summed E-state index contributed by atoms with van der Waals surface area (Å²) >= 11 is 0. The van der Waals surface area contributed by atoms with Crippen molar-refractivity contribution >= 4 is 13.7 Å². The number of ether oxygens (including phenoxy) is 1. The minimum Gasteiger partial charge on any atom is -0.356 e. The monoisotopic (exact) mass is 350 g/mol. The lowest BCUT2D eigenvalue weighted by Crippen LogP contribution is -2.53. The molecule has 0 aromatic rings. The van der Waals surface area contributed by atoms with Crippen LogP contribution in [0.5, 0.6) is 0 Å². The predicted molar refractivity (Wildman–Crippen MR) is 79.6 cm³/mol. The number of carbonyl (C=O) groups excluding carboxylic acids is 1. The van der Waals surface area contributed by atoms with E-state index in [9.17, 15) is 19.4 Å². The van der Waals surface area contributed by atoms with Gasteiger partial charge in [-0.25, -0.2) is 4.57 Å². The second-order valence-corrected chi connectivity index (χ2v) is 7.22. The molecule has 0 radical (unpaired) electrons. The molecule has 0 bridgehead atoms. The Labute approximate surface area is 134 Å². The van der Waals surface area contributed by atoms with Crippen molar-refractivity contribution in [2.75, 3.05) is 6.61 Å².